The van der Waals surface area contributed by atoms with Gasteiger partial charge in [-0.2, -0.15) is 4.99 Å². The van der Waals surface area contributed by atoms with Gasteiger partial charge in [-0.05, 0) is 42.5 Å². The maximum absolute atomic E-state index is 12.4. The van der Waals surface area contributed by atoms with Gasteiger partial charge in [-0.25, -0.2) is 13.4 Å². The third kappa shape index (κ3) is 5.52. The van der Waals surface area contributed by atoms with Crippen molar-refractivity contribution in [2.24, 2.45) is 27.2 Å². The van der Waals surface area contributed by atoms with Crippen molar-refractivity contribution in [1.29, 1.82) is 0 Å². The van der Waals surface area contributed by atoms with Crippen molar-refractivity contribution in [3.05, 3.63) is 52.5 Å². The van der Waals surface area contributed by atoms with Crippen molar-refractivity contribution in [2.45, 2.75) is 4.90 Å². The zero-order valence-corrected chi connectivity index (χ0v) is 15.0. The van der Waals surface area contributed by atoms with Gasteiger partial charge in [0.25, 0.3) is 10.0 Å². The highest BCUT2D eigenvalue weighted by atomic mass is 35.5. The van der Waals surface area contributed by atoms with Gasteiger partial charge in [0.15, 0.2) is 5.96 Å². The minimum absolute atomic E-state index is 0.0166. The molecule has 0 aromatic heterocycles. The normalized spacial score (nSPS) is 11.8. The molecule has 2 aromatic carbocycles. The van der Waals surface area contributed by atoms with Crippen molar-refractivity contribution in [3.8, 4) is 0 Å². The molecule has 0 saturated carbocycles. The Morgan fingerprint density at radius 1 is 0.960 bits per heavy atom. The van der Waals surface area contributed by atoms with Crippen LogP contribution in [0.1, 0.15) is 0 Å². The minimum Gasteiger partial charge on any atom is -0.370 e. The summed E-state index contributed by atoms with van der Waals surface area (Å²) in [5.41, 5.74) is 16.5. The average Bonchev–Trinajstić information content (AvgIpc) is 2.45. The Labute approximate surface area is 154 Å². The van der Waals surface area contributed by atoms with Crippen LogP contribution in [0.2, 0.25) is 10.0 Å². The summed E-state index contributed by atoms with van der Waals surface area (Å²) in [7, 11) is -3.83. The van der Waals surface area contributed by atoms with E-state index in [2.05, 4.69) is 14.7 Å². The Kier molecular flexibility index (Phi) is 5.73. The lowest BCUT2D eigenvalue weighted by Crippen LogP contribution is -2.26. The smallest absolute Gasteiger partial charge is 0.261 e. The average molecular weight is 401 g/mol. The van der Waals surface area contributed by atoms with Gasteiger partial charge in [-0.1, -0.05) is 23.2 Å². The Hall–Kier alpha value is -2.49. The molecule has 0 aliphatic rings. The van der Waals surface area contributed by atoms with Crippen molar-refractivity contribution in [1.82, 2.24) is 0 Å². The Bertz CT molecular complexity index is 918. The molecule has 0 amide bonds. The predicted molar refractivity (Wildman–Crippen MR) is 101 cm³/mol. The molecule has 7 N–H and O–H groups in total. The number of anilines is 1. The first-order valence-corrected chi connectivity index (χ1v) is 8.92. The number of nitrogens with zero attached hydrogens (tertiary/aromatic N) is 2. The molecule has 0 bridgehead atoms. The summed E-state index contributed by atoms with van der Waals surface area (Å²) >= 11 is 11.7. The van der Waals surface area contributed by atoms with Gasteiger partial charge in [0.1, 0.15) is 0 Å². The Balaban J connectivity index is 2.24. The van der Waals surface area contributed by atoms with Crippen molar-refractivity contribution < 1.29 is 8.42 Å². The van der Waals surface area contributed by atoms with E-state index < -0.39 is 10.0 Å². The zero-order chi connectivity index (χ0) is 18.6. The number of nitrogens with two attached hydrogens (primary N) is 3. The molecule has 132 valence electrons. The number of hydrogen-bond donors (Lipinski definition) is 4. The third-order valence-corrected chi connectivity index (χ3v) is 4.58. The van der Waals surface area contributed by atoms with E-state index in [0.717, 1.165) is 0 Å². The van der Waals surface area contributed by atoms with Crippen LogP contribution in [0.5, 0.6) is 0 Å². The first-order chi connectivity index (χ1) is 11.7. The van der Waals surface area contributed by atoms with Crippen LogP contribution in [0.25, 0.3) is 0 Å². The lowest BCUT2D eigenvalue weighted by molar-refractivity contribution is 0.601. The second kappa shape index (κ2) is 7.60. The fourth-order valence-electron chi connectivity index (χ4n) is 1.82. The molecule has 11 heteroatoms. The molecule has 25 heavy (non-hydrogen) atoms. The van der Waals surface area contributed by atoms with E-state index in [1.807, 2.05) is 0 Å². The van der Waals surface area contributed by atoms with Gasteiger partial charge in [0.05, 0.1) is 16.3 Å². The summed E-state index contributed by atoms with van der Waals surface area (Å²) in [4.78, 5) is 7.50. The number of hydrogen-bond acceptors (Lipinski definition) is 3. The highest BCUT2D eigenvalue weighted by Gasteiger charge is 2.14. The summed E-state index contributed by atoms with van der Waals surface area (Å²) in [6, 6.07) is 10.0. The maximum atomic E-state index is 12.4. The highest BCUT2D eigenvalue weighted by Crippen LogP contribution is 2.25. The molecule has 0 saturated heterocycles. The van der Waals surface area contributed by atoms with E-state index in [4.69, 9.17) is 40.4 Å². The number of guanidine groups is 2. The molecule has 0 heterocycles. The Morgan fingerprint density at radius 3 is 2.04 bits per heavy atom. The van der Waals surface area contributed by atoms with Crippen molar-refractivity contribution in [2.75, 3.05) is 4.72 Å². The quantitative estimate of drug-likeness (QED) is 0.457. The molecule has 8 nitrogen and oxygen atoms in total. The summed E-state index contributed by atoms with van der Waals surface area (Å²) in [5.74, 6) is -0.382. The minimum atomic E-state index is -3.83. The lowest BCUT2D eigenvalue weighted by atomic mass is 10.3. The number of sulfonamides is 1. The first kappa shape index (κ1) is 18.8. The second-order valence-corrected chi connectivity index (χ2v) is 7.32. The van der Waals surface area contributed by atoms with Gasteiger partial charge in [-0.3, -0.25) is 4.72 Å². The van der Waals surface area contributed by atoms with E-state index in [0.29, 0.717) is 15.7 Å². The fourth-order valence-corrected chi connectivity index (χ4v) is 3.38. The van der Waals surface area contributed by atoms with Crippen LogP contribution in [0.3, 0.4) is 0 Å². The number of halogens is 2. The topological polar surface area (TPSA) is 149 Å². The lowest BCUT2D eigenvalue weighted by Gasteiger charge is -2.09. The van der Waals surface area contributed by atoms with Crippen LogP contribution < -0.4 is 21.9 Å². The first-order valence-electron chi connectivity index (χ1n) is 6.68. The van der Waals surface area contributed by atoms with Crippen molar-refractivity contribution in [3.63, 3.8) is 0 Å². The number of nitrogens with one attached hydrogen (secondary N) is 1. The van der Waals surface area contributed by atoms with E-state index in [9.17, 15) is 8.42 Å². The molecular formula is C14H14Cl2N6O2S. The Morgan fingerprint density at radius 2 is 1.52 bits per heavy atom. The van der Waals surface area contributed by atoms with Gasteiger partial charge in [0, 0.05) is 10.0 Å². The number of rotatable bonds is 4. The summed E-state index contributed by atoms with van der Waals surface area (Å²) in [5, 5.41) is 0.621. The maximum Gasteiger partial charge on any atom is 0.261 e. The molecule has 0 aliphatic carbocycles. The van der Waals surface area contributed by atoms with E-state index >= 15 is 0 Å². The van der Waals surface area contributed by atoms with Crippen LogP contribution in [-0.2, 0) is 10.0 Å². The molecule has 0 spiro atoms. The van der Waals surface area contributed by atoms with Gasteiger partial charge < -0.3 is 17.2 Å². The molecule has 0 unspecified atom stereocenters. The van der Waals surface area contributed by atoms with Gasteiger partial charge in [-0.15, -0.1) is 0 Å². The number of aliphatic imine (C=N–C) groups is 2. The summed E-state index contributed by atoms with van der Waals surface area (Å²) in [6.45, 7) is 0. The molecule has 0 atom stereocenters. The molecule has 0 aliphatic heterocycles. The largest absolute Gasteiger partial charge is 0.370 e. The molecule has 2 aromatic rings. The second-order valence-electron chi connectivity index (χ2n) is 4.76. The van der Waals surface area contributed by atoms with Crippen LogP contribution in [0.4, 0.5) is 11.4 Å². The summed E-state index contributed by atoms with van der Waals surface area (Å²) in [6.07, 6.45) is 0. The van der Waals surface area contributed by atoms with Crippen LogP contribution in [0.15, 0.2) is 57.3 Å². The standard InChI is InChI=1S/C14H14Cl2N6O2S/c15-8-5-9(16)7-11(6-8)22-25(23,24)12-3-1-10(2-4-12)20-14(19)21-13(17)18/h1-7,22H,(H6,17,18,19,20,21). The summed E-state index contributed by atoms with van der Waals surface area (Å²) < 4.78 is 27.2. The number of benzene rings is 2. The van der Waals surface area contributed by atoms with Gasteiger partial charge in [0.2, 0.25) is 5.96 Å². The third-order valence-electron chi connectivity index (χ3n) is 2.75. The molecule has 0 radical (unpaired) electrons. The van der Waals surface area contributed by atoms with Crippen LogP contribution in [-0.4, -0.2) is 20.3 Å². The predicted octanol–water partition coefficient (Wildman–Crippen LogP) is 2.01. The van der Waals surface area contributed by atoms with E-state index in [-0.39, 0.29) is 22.5 Å². The van der Waals surface area contributed by atoms with Crippen LogP contribution in [0, 0.1) is 0 Å². The van der Waals surface area contributed by atoms with Gasteiger partial charge >= 0.3 is 0 Å². The molecule has 2 rings (SSSR count). The van der Waals surface area contributed by atoms with Crippen LogP contribution >= 0.6 is 23.2 Å². The highest BCUT2D eigenvalue weighted by molar-refractivity contribution is 7.92. The SMILES string of the molecule is NC(N)=NC(N)=Nc1ccc(S(=O)(=O)Nc2cc(Cl)cc(Cl)c2)cc1. The van der Waals surface area contributed by atoms with E-state index in [1.165, 1.54) is 42.5 Å². The van der Waals surface area contributed by atoms with E-state index in [1.54, 1.807) is 0 Å². The molecular weight excluding hydrogens is 387 g/mol. The molecule has 0 fully saturated rings. The fraction of sp³-hybridized carbons (Fsp3) is 0. The zero-order valence-electron chi connectivity index (χ0n) is 12.6. The monoisotopic (exact) mass is 400 g/mol. The van der Waals surface area contributed by atoms with Crippen molar-refractivity contribution >= 4 is 56.5 Å².